The summed E-state index contributed by atoms with van der Waals surface area (Å²) in [5.41, 5.74) is 6.44. The molecule has 3 aromatic carbocycles. The average molecular weight is 470 g/mol. The molecule has 3 nitrogen and oxygen atoms in total. The molecule has 0 aliphatic rings. The van der Waals surface area contributed by atoms with Crippen LogP contribution < -0.4 is 5.32 Å². The molecule has 0 saturated heterocycles. The number of carbonyl (C=O) groups excluding carboxylic acids is 1. The molecule has 4 rings (SSSR count). The Morgan fingerprint density at radius 2 is 1.58 bits per heavy atom. The fourth-order valence-corrected chi connectivity index (χ4v) is 4.19. The molecule has 0 aliphatic carbocycles. The molecular formula is C25H19Cl3N2O. The monoisotopic (exact) mass is 468 g/mol. The van der Waals surface area contributed by atoms with Crippen molar-refractivity contribution >= 4 is 57.3 Å². The van der Waals surface area contributed by atoms with Gasteiger partial charge in [0.25, 0.3) is 5.91 Å². The Kier molecular flexibility index (Phi) is 5.94. The summed E-state index contributed by atoms with van der Waals surface area (Å²) < 4.78 is 0. The minimum atomic E-state index is -0.233. The normalized spacial score (nSPS) is 11.0. The van der Waals surface area contributed by atoms with Crippen LogP contribution in [0.2, 0.25) is 15.1 Å². The molecule has 0 bridgehead atoms. The lowest BCUT2D eigenvalue weighted by Crippen LogP contribution is -2.15. The molecule has 31 heavy (non-hydrogen) atoms. The lowest BCUT2D eigenvalue weighted by Gasteiger charge is -2.17. The number of nitrogens with zero attached hydrogens (tertiary/aromatic N) is 1. The van der Waals surface area contributed by atoms with Crippen molar-refractivity contribution in [2.45, 2.75) is 20.8 Å². The zero-order valence-corrected chi connectivity index (χ0v) is 19.5. The predicted octanol–water partition coefficient (Wildman–Crippen LogP) is 8.04. The molecule has 0 unspecified atom stereocenters. The summed E-state index contributed by atoms with van der Waals surface area (Å²) in [5.74, 6) is -0.233. The summed E-state index contributed by atoms with van der Waals surface area (Å²) in [4.78, 5) is 18.4. The molecule has 0 fully saturated rings. The molecule has 0 aliphatic heterocycles. The van der Waals surface area contributed by atoms with Gasteiger partial charge in [0.05, 0.1) is 26.8 Å². The van der Waals surface area contributed by atoms with Gasteiger partial charge in [-0.05, 0) is 68.3 Å². The number of amides is 1. The summed E-state index contributed by atoms with van der Waals surface area (Å²) >= 11 is 18.2. The fourth-order valence-electron chi connectivity index (χ4n) is 3.76. The number of pyridine rings is 1. The molecule has 4 aromatic rings. The summed E-state index contributed by atoms with van der Waals surface area (Å²) in [7, 11) is 0. The van der Waals surface area contributed by atoms with Gasteiger partial charge in [-0.2, -0.15) is 0 Å². The van der Waals surface area contributed by atoms with E-state index in [1.165, 1.54) is 0 Å². The van der Waals surface area contributed by atoms with E-state index in [9.17, 15) is 4.79 Å². The van der Waals surface area contributed by atoms with E-state index >= 15 is 0 Å². The molecule has 1 heterocycles. The Hall–Kier alpha value is -2.59. The van der Waals surface area contributed by atoms with E-state index in [4.69, 9.17) is 39.8 Å². The van der Waals surface area contributed by atoms with E-state index in [1.54, 1.807) is 18.2 Å². The van der Waals surface area contributed by atoms with Gasteiger partial charge >= 0.3 is 0 Å². The zero-order valence-electron chi connectivity index (χ0n) is 17.2. The van der Waals surface area contributed by atoms with Crippen LogP contribution in [-0.4, -0.2) is 10.9 Å². The van der Waals surface area contributed by atoms with Crippen molar-refractivity contribution in [3.63, 3.8) is 0 Å². The van der Waals surface area contributed by atoms with E-state index in [2.05, 4.69) is 11.4 Å². The summed E-state index contributed by atoms with van der Waals surface area (Å²) in [6, 6.07) is 16.5. The number of aromatic nitrogens is 1. The second kappa shape index (κ2) is 8.51. The summed E-state index contributed by atoms with van der Waals surface area (Å²) in [6.45, 7) is 5.93. The third-order valence-electron chi connectivity index (χ3n) is 5.19. The van der Waals surface area contributed by atoms with Gasteiger partial charge < -0.3 is 5.32 Å². The standard InChI is InChI=1S/C25H19Cl3N2O/c1-13-10-14(2)23-19(11-13)22(25(31)29-18-8-9-20(27)21(28)12-18)15(3)24(30-23)16-4-6-17(26)7-5-16/h4-12H,1-3H3,(H,29,31). The quantitative estimate of drug-likeness (QED) is 0.330. The molecule has 0 radical (unpaired) electrons. The van der Waals surface area contributed by atoms with Crippen LogP contribution in [0.5, 0.6) is 0 Å². The van der Waals surface area contributed by atoms with E-state index in [-0.39, 0.29) is 5.91 Å². The SMILES string of the molecule is Cc1cc(C)c2nc(-c3ccc(Cl)cc3)c(C)c(C(=O)Nc3ccc(Cl)c(Cl)c3)c2c1. The van der Waals surface area contributed by atoms with Gasteiger partial charge in [-0.3, -0.25) is 4.79 Å². The van der Waals surface area contributed by atoms with E-state index in [1.807, 2.05) is 51.1 Å². The van der Waals surface area contributed by atoms with E-state index < -0.39 is 0 Å². The van der Waals surface area contributed by atoms with Crippen LogP contribution in [0.15, 0.2) is 54.6 Å². The number of fused-ring (bicyclic) bond motifs is 1. The largest absolute Gasteiger partial charge is 0.322 e. The van der Waals surface area contributed by atoms with Crippen LogP contribution in [0.25, 0.3) is 22.2 Å². The number of anilines is 1. The van der Waals surface area contributed by atoms with Crippen molar-refractivity contribution in [1.29, 1.82) is 0 Å². The van der Waals surface area contributed by atoms with Crippen molar-refractivity contribution in [2.24, 2.45) is 0 Å². The van der Waals surface area contributed by atoms with Gasteiger partial charge in [-0.1, -0.05) is 58.6 Å². The highest BCUT2D eigenvalue weighted by Crippen LogP contribution is 2.33. The topological polar surface area (TPSA) is 42.0 Å². The molecule has 6 heteroatoms. The molecular weight excluding hydrogens is 451 g/mol. The Bertz CT molecular complexity index is 1330. The van der Waals surface area contributed by atoms with Crippen molar-refractivity contribution in [3.05, 3.63) is 91.9 Å². The van der Waals surface area contributed by atoms with Gasteiger partial charge in [-0.15, -0.1) is 0 Å². The van der Waals surface area contributed by atoms with Gasteiger partial charge in [0.15, 0.2) is 0 Å². The first-order valence-corrected chi connectivity index (χ1v) is 10.8. The molecule has 0 spiro atoms. The van der Waals surface area contributed by atoms with Crippen LogP contribution in [0.1, 0.15) is 27.0 Å². The van der Waals surface area contributed by atoms with Crippen molar-refractivity contribution in [3.8, 4) is 11.3 Å². The molecule has 1 N–H and O–H groups in total. The number of nitrogens with one attached hydrogen (secondary N) is 1. The molecule has 1 aromatic heterocycles. The van der Waals surface area contributed by atoms with Gasteiger partial charge in [-0.25, -0.2) is 4.98 Å². The van der Waals surface area contributed by atoms with Gasteiger partial charge in [0.1, 0.15) is 0 Å². The van der Waals surface area contributed by atoms with E-state index in [0.29, 0.717) is 26.3 Å². The number of hydrogen-bond acceptors (Lipinski definition) is 2. The minimum Gasteiger partial charge on any atom is -0.322 e. The Balaban J connectivity index is 1.93. The highest BCUT2D eigenvalue weighted by molar-refractivity contribution is 6.42. The highest BCUT2D eigenvalue weighted by Gasteiger charge is 2.20. The Labute approximate surface area is 196 Å². The maximum Gasteiger partial charge on any atom is 0.256 e. The Morgan fingerprint density at radius 1 is 0.871 bits per heavy atom. The summed E-state index contributed by atoms with van der Waals surface area (Å²) in [6.07, 6.45) is 0. The first-order valence-electron chi connectivity index (χ1n) is 9.68. The fraction of sp³-hybridized carbons (Fsp3) is 0.120. The van der Waals surface area contributed by atoms with Crippen LogP contribution in [-0.2, 0) is 0 Å². The predicted molar refractivity (Wildman–Crippen MR) is 131 cm³/mol. The minimum absolute atomic E-state index is 0.233. The van der Waals surface area contributed by atoms with Crippen LogP contribution in [0, 0.1) is 20.8 Å². The van der Waals surface area contributed by atoms with Crippen molar-refractivity contribution < 1.29 is 4.79 Å². The number of halogens is 3. The summed E-state index contributed by atoms with van der Waals surface area (Å²) in [5, 5.41) is 5.22. The smallest absolute Gasteiger partial charge is 0.256 e. The lowest BCUT2D eigenvalue weighted by molar-refractivity contribution is 0.102. The number of benzene rings is 3. The number of rotatable bonds is 3. The van der Waals surface area contributed by atoms with Crippen LogP contribution >= 0.6 is 34.8 Å². The lowest BCUT2D eigenvalue weighted by atomic mass is 9.94. The molecule has 1 amide bonds. The second-order valence-electron chi connectivity index (χ2n) is 7.53. The molecule has 156 valence electrons. The molecule has 0 atom stereocenters. The van der Waals surface area contributed by atoms with Gasteiger partial charge in [0.2, 0.25) is 0 Å². The van der Waals surface area contributed by atoms with Crippen molar-refractivity contribution in [1.82, 2.24) is 4.98 Å². The number of aryl methyl sites for hydroxylation is 2. The van der Waals surface area contributed by atoms with Crippen LogP contribution in [0.4, 0.5) is 5.69 Å². The Morgan fingerprint density at radius 3 is 2.26 bits per heavy atom. The van der Waals surface area contributed by atoms with Gasteiger partial charge in [0, 0.05) is 21.7 Å². The average Bonchev–Trinajstić information content (AvgIpc) is 2.71. The number of hydrogen-bond donors (Lipinski definition) is 1. The second-order valence-corrected chi connectivity index (χ2v) is 8.78. The van der Waals surface area contributed by atoms with E-state index in [0.717, 1.165) is 38.9 Å². The maximum atomic E-state index is 13.5. The van der Waals surface area contributed by atoms with Crippen LogP contribution in [0.3, 0.4) is 0 Å². The third-order valence-corrected chi connectivity index (χ3v) is 6.18. The maximum absolute atomic E-state index is 13.5. The first-order chi connectivity index (χ1) is 14.7. The first kappa shape index (κ1) is 21.6. The highest BCUT2D eigenvalue weighted by atomic mass is 35.5. The number of carbonyl (C=O) groups is 1. The zero-order chi connectivity index (χ0) is 22.3. The van der Waals surface area contributed by atoms with Crippen molar-refractivity contribution in [2.75, 3.05) is 5.32 Å². The molecule has 0 saturated carbocycles. The third kappa shape index (κ3) is 4.27.